The monoisotopic (exact) mass is 704 g/mol. The minimum absolute atomic E-state index is 0.0350. The highest BCUT2D eigenvalue weighted by Gasteiger charge is 2.45. The Balaban J connectivity index is 1.28. The molecule has 2 bridgehead atoms. The lowest BCUT2D eigenvalue weighted by Gasteiger charge is -2.46. The van der Waals surface area contributed by atoms with E-state index >= 15 is 0 Å². The third-order valence-corrected chi connectivity index (χ3v) is 13.9. The van der Waals surface area contributed by atoms with Crippen molar-refractivity contribution in [1.82, 2.24) is 9.62 Å². The van der Waals surface area contributed by atoms with Crippen molar-refractivity contribution in [2.75, 3.05) is 51.1 Å². The van der Waals surface area contributed by atoms with Gasteiger partial charge in [0.25, 0.3) is 5.91 Å². The van der Waals surface area contributed by atoms with Gasteiger partial charge in [-0.2, -0.15) is 0 Å². The quantitative estimate of drug-likeness (QED) is 0.387. The van der Waals surface area contributed by atoms with Crippen molar-refractivity contribution in [1.29, 1.82) is 0 Å². The van der Waals surface area contributed by atoms with E-state index in [1.807, 2.05) is 26.0 Å². The number of fused-ring (bicyclic) bond motifs is 4. The van der Waals surface area contributed by atoms with E-state index in [4.69, 9.17) is 14.2 Å². The molecule has 11 heteroatoms. The van der Waals surface area contributed by atoms with Crippen LogP contribution in [0.25, 0.3) is 0 Å². The molecule has 2 aromatic rings. The first kappa shape index (κ1) is 35.0. The van der Waals surface area contributed by atoms with Crippen molar-refractivity contribution in [3.8, 4) is 5.75 Å². The van der Waals surface area contributed by atoms with Gasteiger partial charge in [-0.05, 0) is 99.5 Å². The molecule has 2 fully saturated rings. The van der Waals surface area contributed by atoms with Crippen molar-refractivity contribution in [3.63, 3.8) is 0 Å². The smallest absolute Gasteiger partial charge is 0.330 e. The van der Waals surface area contributed by atoms with Crippen LogP contribution < -0.4 is 14.4 Å². The lowest BCUT2D eigenvalue weighted by Crippen LogP contribution is -2.64. The Morgan fingerprint density at radius 3 is 2.68 bits per heavy atom. The Labute approximate surface area is 297 Å². The van der Waals surface area contributed by atoms with Crippen LogP contribution in [-0.4, -0.2) is 85.5 Å². The van der Waals surface area contributed by atoms with Crippen LogP contribution in [0.4, 0.5) is 10.5 Å². The van der Waals surface area contributed by atoms with Crippen molar-refractivity contribution in [2.24, 2.45) is 22.1 Å². The number of allylic oxidation sites excluding steroid dienone is 1. The van der Waals surface area contributed by atoms with Crippen LogP contribution in [-0.2, 0) is 31.2 Å². The molecule has 3 aliphatic heterocycles. The molecule has 50 heavy (non-hydrogen) atoms. The predicted octanol–water partition coefficient (Wildman–Crippen LogP) is 6.06. The Morgan fingerprint density at radius 1 is 1.10 bits per heavy atom. The first-order chi connectivity index (χ1) is 24.0. The van der Waals surface area contributed by atoms with Crippen LogP contribution >= 0.6 is 0 Å². The molecule has 7 rings (SSSR count). The standard InChI is InChI=1S/C39H52N4O6S/c1-25-11-15-32-28(18-25)9-7-17-39(32)23-42-20-30-12-14-31(30)34(47-4)10-6-8-26(2)22-50(46,41-38(45)43-21-36(48-5)27(43)3)40-37(44)29-13-16-35(49-24-39)33(42)19-29/h6,10-11,13,15-16,18-19,26-27,30-31,34,36H,7-9,12,14,17,20-24H2,1-5H3,(H,40,41,44,45,46)/b10-6+/t26-,27+,30-,31+,34-,36-,39-,50?/m0/s1. The molecular formula is C39H52N4O6S. The molecule has 1 unspecified atom stereocenters. The van der Waals surface area contributed by atoms with Crippen LogP contribution in [0.5, 0.6) is 5.75 Å². The molecule has 1 N–H and O–H groups in total. The summed E-state index contributed by atoms with van der Waals surface area (Å²) < 4.78 is 39.7. The van der Waals surface area contributed by atoms with E-state index < -0.39 is 21.9 Å². The van der Waals surface area contributed by atoms with Crippen LogP contribution in [0.15, 0.2) is 52.9 Å². The molecule has 8 atom stereocenters. The van der Waals surface area contributed by atoms with Gasteiger partial charge in [-0.3, -0.25) is 9.52 Å². The number of nitrogens with zero attached hydrogens (tertiary/aromatic N) is 3. The molecule has 2 aromatic carbocycles. The molecule has 3 heterocycles. The van der Waals surface area contributed by atoms with Crippen molar-refractivity contribution < 1.29 is 28.0 Å². The maximum absolute atomic E-state index is 14.5. The van der Waals surface area contributed by atoms with Gasteiger partial charge in [-0.15, -0.1) is 4.36 Å². The molecule has 3 amide bonds. The molecule has 270 valence electrons. The Morgan fingerprint density at radius 2 is 1.94 bits per heavy atom. The topological polar surface area (TPSA) is 110 Å². The molecule has 0 radical (unpaired) electrons. The van der Waals surface area contributed by atoms with Gasteiger partial charge in [0, 0.05) is 38.3 Å². The summed E-state index contributed by atoms with van der Waals surface area (Å²) in [5.74, 6) is 0.821. The first-order valence-corrected chi connectivity index (χ1v) is 19.9. The number of anilines is 1. The molecule has 10 nitrogen and oxygen atoms in total. The maximum atomic E-state index is 14.5. The van der Waals surface area contributed by atoms with Crippen LogP contribution in [0.1, 0.15) is 73.0 Å². The minimum atomic E-state index is -3.48. The van der Waals surface area contributed by atoms with Gasteiger partial charge >= 0.3 is 6.03 Å². The SMILES string of the molecule is CO[C@H]1/C=C/C[C@H](C)CS(=O)(NC(=O)N2C[C@H](OC)[C@H]2C)=NC(=O)c2ccc3c(c2)N(C[C@@H]2CC[C@H]21)C[C@@]1(CCCc2cc(C)ccc21)CO3. The molecule has 1 saturated carbocycles. The largest absolute Gasteiger partial charge is 0.490 e. The summed E-state index contributed by atoms with van der Waals surface area (Å²) in [4.78, 5) is 31.3. The predicted molar refractivity (Wildman–Crippen MR) is 195 cm³/mol. The molecule has 2 aliphatic carbocycles. The number of aryl methyl sites for hydroxylation is 2. The number of ether oxygens (including phenoxy) is 3. The van der Waals surface area contributed by atoms with Gasteiger partial charge in [0.15, 0.2) is 0 Å². The lowest BCUT2D eigenvalue weighted by atomic mass is 9.68. The van der Waals surface area contributed by atoms with E-state index in [2.05, 4.69) is 51.3 Å². The second-order valence-electron chi connectivity index (χ2n) is 15.4. The third-order valence-electron chi connectivity index (χ3n) is 11.9. The van der Waals surface area contributed by atoms with Gasteiger partial charge in [0.05, 0.1) is 42.8 Å². The second-order valence-corrected chi connectivity index (χ2v) is 17.4. The van der Waals surface area contributed by atoms with Crippen molar-refractivity contribution in [3.05, 3.63) is 70.8 Å². The second kappa shape index (κ2) is 14.0. The van der Waals surface area contributed by atoms with E-state index in [0.29, 0.717) is 37.0 Å². The third kappa shape index (κ3) is 6.68. The zero-order valence-electron chi connectivity index (χ0n) is 30.1. The number of nitrogens with one attached hydrogen (secondary N) is 1. The van der Waals surface area contributed by atoms with E-state index in [-0.39, 0.29) is 35.3 Å². The van der Waals surface area contributed by atoms with E-state index in [1.165, 1.54) is 16.7 Å². The highest BCUT2D eigenvalue weighted by molar-refractivity contribution is 7.92. The molecular weight excluding hydrogens is 653 g/mol. The highest BCUT2D eigenvalue weighted by Crippen LogP contribution is 2.47. The number of carbonyl (C=O) groups excluding carboxylic acids is 2. The summed E-state index contributed by atoms with van der Waals surface area (Å²) in [5.41, 5.74) is 5.02. The average Bonchev–Trinajstić information content (AvgIpc) is 3.21. The Hall–Kier alpha value is -3.41. The van der Waals surface area contributed by atoms with E-state index in [9.17, 15) is 13.8 Å². The number of carbonyl (C=O) groups is 2. The van der Waals surface area contributed by atoms with Crippen LogP contribution in [0, 0.1) is 24.7 Å². The van der Waals surface area contributed by atoms with Gasteiger partial charge in [0.2, 0.25) is 0 Å². The molecule has 5 aliphatic rings. The summed E-state index contributed by atoms with van der Waals surface area (Å²) in [5, 5.41) is 0. The maximum Gasteiger partial charge on any atom is 0.330 e. The van der Waals surface area contributed by atoms with Gasteiger partial charge < -0.3 is 24.0 Å². The van der Waals surface area contributed by atoms with Crippen molar-refractivity contribution in [2.45, 2.75) is 83.0 Å². The fourth-order valence-electron chi connectivity index (χ4n) is 8.84. The number of methoxy groups -OCH3 is 2. The number of hydrogen-bond donors (Lipinski definition) is 1. The minimum Gasteiger partial charge on any atom is -0.490 e. The first-order valence-electron chi connectivity index (χ1n) is 18.2. The number of likely N-dealkylation sites (tertiary alicyclic amines) is 1. The molecule has 1 saturated heterocycles. The molecule has 0 aromatic heterocycles. The average molecular weight is 705 g/mol. The number of benzene rings is 2. The fourth-order valence-corrected chi connectivity index (χ4v) is 10.7. The van der Waals surface area contributed by atoms with Gasteiger partial charge in [-0.25, -0.2) is 9.00 Å². The number of rotatable bonds is 3. The lowest BCUT2D eigenvalue weighted by molar-refractivity contribution is -0.0508. The number of urea groups is 1. The summed E-state index contributed by atoms with van der Waals surface area (Å²) >= 11 is 0. The van der Waals surface area contributed by atoms with Crippen molar-refractivity contribution >= 4 is 27.5 Å². The van der Waals surface area contributed by atoms with E-state index in [0.717, 1.165) is 56.6 Å². The van der Waals surface area contributed by atoms with Crippen LogP contribution in [0.3, 0.4) is 0 Å². The van der Waals surface area contributed by atoms with E-state index in [1.54, 1.807) is 25.2 Å². The van der Waals surface area contributed by atoms with Crippen LogP contribution in [0.2, 0.25) is 0 Å². The molecule has 1 spiro atoms. The summed E-state index contributed by atoms with van der Waals surface area (Å²) in [7, 11) is -0.0852. The zero-order valence-corrected chi connectivity index (χ0v) is 30.9. The number of amides is 3. The highest BCUT2D eigenvalue weighted by atomic mass is 32.2. The number of hydrogen-bond acceptors (Lipinski definition) is 7. The summed E-state index contributed by atoms with van der Waals surface area (Å²) in [6.07, 6.45) is 10.1. The summed E-state index contributed by atoms with van der Waals surface area (Å²) in [6, 6.07) is 11.6. The summed E-state index contributed by atoms with van der Waals surface area (Å²) in [6.45, 7) is 8.53. The normalized spacial score (nSPS) is 34.5. The van der Waals surface area contributed by atoms with Gasteiger partial charge in [0.1, 0.15) is 15.7 Å². The van der Waals surface area contributed by atoms with Gasteiger partial charge in [-0.1, -0.05) is 42.8 Å². The Kier molecular flexibility index (Phi) is 9.77. The zero-order chi connectivity index (χ0) is 35.2. The fraction of sp³-hybridized carbons (Fsp3) is 0.590. The Bertz CT molecular complexity index is 1790.